The van der Waals surface area contributed by atoms with Crippen LogP contribution >= 0.6 is 24.0 Å². The Hall–Kier alpha value is -0.570. The molecular weight excluding hydrogens is 477 g/mol. The van der Waals surface area contributed by atoms with Gasteiger partial charge in [-0.05, 0) is 75.9 Å². The summed E-state index contributed by atoms with van der Waals surface area (Å²) >= 11 is 0. The highest BCUT2D eigenvalue weighted by molar-refractivity contribution is 14.0. The summed E-state index contributed by atoms with van der Waals surface area (Å²) in [5.74, 6) is 1.65. The molecule has 2 aliphatic rings. The van der Waals surface area contributed by atoms with Crippen LogP contribution in [0.25, 0.3) is 0 Å². The number of nitrogens with one attached hydrogen (secondary N) is 2. The third kappa shape index (κ3) is 9.40. The van der Waals surface area contributed by atoms with Crippen LogP contribution in [0.3, 0.4) is 0 Å². The Bertz CT molecular complexity index is 497. The zero-order valence-electron chi connectivity index (χ0n) is 18.8. The SMILES string of the molecule is CN=C(NCCCCN1CCC(C(N)=O)CC1)NCC1(CC(C)C)CCCC1.I. The van der Waals surface area contributed by atoms with Gasteiger partial charge in [-0.3, -0.25) is 9.79 Å². The topological polar surface area (TPSA) is 82.8 Å². The smallest absolute Gasteiger partial charge is 0.220 e. The Morgan fingerprint density at radius 1 is 1.17 bits per heavy atom. The van der Waals surface area contributed by atoms with E-state index in [1.165, 1.54) is 38.5 Å². The van der Waals surface area contributed by atoms with Gasteiger partial charge in [-0.2, -0.15) is 0 Å². The van der Waals surface area contributed by atoms with Crippen LogP contribution in [-0.2, 0) is 4.79 Å². The number of hydrogen-bond acceptors (Lipinski definition) is 3. The Balaban J connectivity index is 0.00000420. The first kappa shape index (κ1) is 26.5. The standard InChI is InChI=1S/C22H43N5O.HI/c1-18(2)16-22(10-4-5-11-22)17-26-21(24-3)25-12-6-7-13-27-14-8-19(9-15-27)20(23)28;/h18-19H,4-17H2,1-3H3,(H2,23,28)(H2,24,25,26);1H. The van der Waals surface area contributed by atoms with Crippen molar-refractivity contribution < 1.29 is 4.79 Å². The third-order valence-corrected chi connectivity index (χ3v) is 6.54. The summed E-state index contributed by atoms with van der Waals surface area (Å²) in [7, 11) is 1.86. The normalized spacial score (nSPS) is 20.5. The van der Waals surface area contributed by atoms with E-state index in [1.807, 2.05) is 7.05 Å². The van der Waals surface area contributed by atoms with Gasteiger partial charge in [-0.15, -0.1) is 24.0 Å². The molecule has 1 amide bonds. The van der Waals surface area contributed by atoms with Crippen molar-refractivity contribution in [2.45, 2.75) is 71.6 Å². The molecule has 4 N–H and O–H groups in total. The highest BCUT2D eigenvalue weighted by Crippen LogP contribution is 2.42. The molecule has 1 aliphatic heterocycles. The Kier molecular flexibility index (Phi) is 12.5. The van der Waals surface area contributed by atoms with Gasteiger partial charge < -0.3 is 21.3 Å². The molecule has 6 nitrogen and oxygen atoms in total. The molecule has 0 unspecified atom stereocenters. The van der Waals surface area contributed by atoms with Crippen LogP contribution < -0.4 is 16.4 Å². The number of guanidine groups is 1. The van der Waals surface area contributed by atoms with Crippen molar-refractivity contribution in [2.75, 3.05) is 39.8 Å². The molecule has 0 aromatic heterocycles. The van der Waals surface area contributed by atoms with Crippen LogP contribution in [0.4, 0.5) is 0 Å². The Morgan fingerprint density at radius 3 is 2.38 bits per heavy atom. The minimum absolute atomic E-state index is 0. The van der Waals surface area contributed by atoms with Crippen LogP contribution in [0, 0.1) is 17.3 Å². The Morgan fingerprint density at radius 2 is 1.83 bits per heavy atom. The largest absolute Gasteiger partial charge is 0.369 e. The van der Waals surface area contributed by atoms with Crippen molar-refractivity contribution >= 4 is 35.8 Å². The number of amides is 1. The van der Waals surface area contributed by atoms with Gasteiger partial charge in [-0.25, -0.2) is 0 Å². The van der Waals surface area contributed by atoms with E-state index in [4.69, 9.17) is 5.73 Å². The maximum atomic E-state index is 11.2. The zero-order valence-corrected chi connectivity index (χ0v) is 21.2. The van der Waals surface area contributed by atoms with Crippen molar-refractivity contribution in [3.8, 4) is 0 Å². The number of nitrogens with two attached hydrogens (primary N) is 1. The summed E-state index contributed by atoms with van der Waals surface area (Å²) in [5.41, 5.74) is 5.87. The third-order valence-electron chi connectivity index (χ3n) is 6.54. The minimum Gasteiger partial charge on any atom is -0.369 e. The van der Waals surface area contributed by atoms with Gasteiger partial charge in [0.1, 0.15) is 0 Å². The average molecular weight is 522 g/mol. The van der Waals surface area contributed by atoms with Gasteiger partial charge in [0.25, 0.3) is 0 Å². The fraction of sp³-hybridized carbons (Fsp3) is 0.909. The second-order valence-corrected chi connectivity index (χ2v) is 9.38. The van der Waals surface area contributed by atoms with Crippen LogP contribution in [0.2, 0.25) is 0 Å². The van der Waals surface area contributed by atoms with Gasteiger partial charge in [0.05, 0.1) is 0 Å². The molecule has 29 heavy (non-hydrogen) atoms. The molecule has 0 radical (unpaired) electrons. The van der Waals surface area contributed by atoms with Crippen molar-refractivity contribution in [1.29, 1.82) is 0 Å². The van der Waals surface area contributed by atoms with Crippen molar-refractivity contribution in [2.24, 2.45) is 28.0 Å². The number of likely N-dealkylation sites (tertiary alicyclic amines) is 1. The number of rotatable bonds is 10. The second-order valence-electron chi connectivity index (χ2n) is 9.38. The number of aliphatic imine (C=N–C) groups is 1. The van der Waals surface area contributed by atoms with Gasteiger partial charge in [0.15, 0.2) is 5.96 Å². The first-order valence-electron chi connectivity index (χ1n) is 11.4. The molecule has 0 aromatic rings. The lowest BCUT2D eigenvalue weighted by Crippen LogP contribution is -2.43. The predicted molar refractivity (Wildman–Crippen MR) is 133 cm³/mol. The molecule has 0 bridgehead atoms. The fourth-order valence-corrected chi connectivity index (χ4v) is 5.04. The molecule has 1 saturated carbocycles. The maximum Gasteiger partial charge on any atom is 0.220 e. The monoisotopic (exact) mass is 521 g/mol. The van der Waals surface area contributed by atoms with E-state index in [-0.39, 0.29) is 35.8 Å². The summed E-state index contributed by atoms with van der Waals surface area (Å²) in [4.78, 5) is 18.1. The number of unbranched alkanes of at least 4 members (excludes halogenated alkanes) is 1. The van der Waals surface area contributed by atoms with Gasteiger partial charge in [0.2, 0.25) is 5.91 Å². The number of nitrogens with zero attached hydrogens (tertiary/aromatic N) is 2. The van der Waals surface area contributed by atoms with E-state index < -0.39 is 0 Å². The lowest BCUT2D eigenvalue weighted by Gasteiger charge is -2.32. The lowest BCUT2D eigenvalue weighted by molar-refractivity contribution is -0.123. The molecule has 7 heteroatoms. The van der Waals surface area contributed by atoms with Gasteiger partial charge >= 0.3 is 0 Å². The predicted octanol–water partition coefficient (Wildman–Crippen LogP) is 3.35. The highest BCUT2D eigenvalue weighted by atomic mass is 127. The molecule has 2 fully saturated rings. The molecule has 1 saturated heterocycles. The molecule has 0 atom stereocenters. The number of piperidine rings is 1. The van der Waals surface area contributed by atoms with Gasteiger partial charge in [-0.1, -0.05) is 26.7 Å². The lowest BCUT2D eigenvalue weighted by atomic mass is 9.78. The van der Waals surface area contributed by atoms with Crippen LogP contribution in [-0.4, -0.2) is 56.5 Å². The maximum absolute atomic E-state index is 11.2. The Labute approximate surface area is 195 Å². The average Bonchev–Trinajstić information content (AvgIpc) is 3.12. The van der Waals surface area contributed by atoms with E-state index in [9.17, 15) is 4.79 Å². The number of primary amides is 1. The van der Waals surface area contributed by atoms with Crippen LogP contribution in [0.15, 0.2) is 4.99 Å². The summed E-state index contributed by atoms with van der Waals surface area (Å²) in [5, 5.41) is 7.08. The van der Waals surface area contributed by atoms with Crippen molar-refractivity contribution in [3.63, 3.8) is 0 Å². The van der Waals surface area contributed by atoms with Crippen LogP contribution in [0.1, 0.15) is 71.6 Å². The van der Waals surface area contributed by atoms with E-state index in [2.05, 4.69) is 34.4 Å². The fourth-order valence-electron chi connectivity index (χ4n) is 5.04. The van der Waals surface area contributed by atoms with E-state index in [0.29, 0.717) is 5.41 Å². The summed E-state index contributed by atoms with van der Waals surface area (Å²) < 4.78 is 0. The van der Waals surface area contributed by atoms with Crippen molar-refractivity contribution in [3.05, 3.63) is 0 Å². The summed E-state index contributed by atoms with van der Waals surface area (Å²) in [6.45, 7) is 9.78. The van der Waals surface area contributed by atoms with E-state index >= 15 is 0 Å². The van der Waals surface area contributed by atoms with Gasteiger partial charge in [0, 0.05) is 26.1 Å². The number of carbonyl (C=O) groups excluding carboxylic acids is 1. The second kappa shape index (κ2) is 13.7. The number of hydrogen-bond donors (Lipinski definition) is 3. The quantitative estimate of drug-likeness (QED) is 0.178. The molecule has 2 rings (SSSR count). The first-order valence-corrected chi connectivity index (χ1v) is 11.4. The first-order chi connectivity index (χ1) is 13.4. The zero-order chi connectivity index (χ0) is 20.4. The minimum atomic E-state index is -0.129. The number of halogens is 1. The molecular formula is C22H44IN5O. The molecule has 170 valence electrons. The summed E-state index contributed by atoms with van der Waals surface area (Å²) in [6.07, 6.45) is 10.9. The van der Waals surface area contributed by atoms with Crippen LogP contribution in [0.5, 0.6) is 0 Å². The van der Waals surface area contributed by atoms with Crippen molar-refractivity contribution in [1.82, 2.24) is 15.5 Å². The number of carbonyl (C=O) groups is 1. The highest BCUT2D eigenvalue weighted by Gasteiger charge is 2.34. The molecule has 1 aliphatic carbocycles. The molecule has 0 spiro atoms. The summed E-state index contributed by atoms with van der Waals surface area (Å²) in [6, 6.07) is 0. The van der Waals surface area contributed by atoms with E-state index in [0.717, 1.165) is 63.9 Å². The van der Waals surface area contributed by atoms with E-state index in [1.54, 1.807) is 0 Å². The molecule has 1 heterocycles. The molecule has 0 aromatic carbocycles.